The monoisotopic (exact) mass is 455 g/mol. The van der Waals surface area contributed by atoms with Gasteiger partial charge in [-0.15, -0.1) is 11.3 Å². The molecule has 2 aromatic heterocycles. The molecule has 1 amide bonds. The van der Waals surface area contributed by atoms with Crippen LogP contribution in [0.4, 0.5) is 0 Å². The number of rotatable bonds is 8. The Hall–Kier alpha value is -2.12. The molecule has 0 saturated carbocycles. The fourth-order valence-corrected chi connectivity index (χ4v) is 6.10. The van der Waals surface area contributed by atoms with Crippen molar-refractivity contribution in [3.05, 3.63) is 56.7 Å². The zero-order chi connectivity index (χ0) is 21.8. The highest BCUT2D eigenvalue weighted by Crippen LogP contribution is 2.34. The third-order valence-corrected chi connectivity index (χ3v) is 8.02. The van der Waals surface area contributed by atoms with E-state index in [4.69, 9.17) is 4.98 Å². The van der Waals surface area contributed by atoms with Crippen LogP contribution in [0.15, 0.2) is 40.3 Å². The number of nitrogens with zero attached hydrogens (tertiary/aromatic N) is 2. The minimum atomic E-state index is -0.0196. The van der Waals surface area contributed by atoms with Gasteiger partial charge in [0.25, 0.3) is 5.56 Å². The van der Waals surface area contributed by atoms with E-state index in [1.54, 1.807) is 15.9 Å². The van der Waals surface area contributed by atoms with Crippen molar-refractivity contribution in [1.29, 1.82) is 0 Å². The number of hydrogen-bond donors (Lipinski definition) is 1. The zero-order valence-corrected chi connectivity index (χ0v) is 19.8. The summed E-state index contributed by atoms with van der Waals surface area (Å²) in [4.78, 5) is 33.0. The van der Waals surface area contributed by atoms with Gasteiger partial charge >= 0.3 is 0 Å². The van der Waals surface area contributed by atoms with Gasteiger partial charge in [0.2, 0.25) is 5.91 Å². The Morgan fingerprint density at radius 3 is 2.81 bits per heavy atom. The summed E-state index contributed by atoms with van der Waals surface area (Å²) >= 11 is 3.03. The summed E-state index contributed by atoms with van der Waals surface area (Å²) in [6, 6.07) is 10.3. The van der Waals surface area contributed by atoms with E-state index in [-0.39, 0.29) is 23.3 Å². The van der Waals surface area contributed by atoms with E-state index >= 15 is 0 Å². The first-order valence-corrected chi connectivity index (χ1v) is 12.9. The fourth-order valence-electron chi connectivity index (χ4n) is 3.96. The largest absolute Gasteiger partial charge is 0.353 e. The normalized spacial score (nSPS) is 14.4. The van der Waals surface area contributed by atoms with Gasteiger partial charge in [0.05, 0.1) is 11.1 Å². The minimum absolute atomic E-state index is 0.0196. The van der Waals surface area contributed by atoms with Crippen molar-refractivity contribution in [2.75, 3.05) is 5.75 Å². The van der Waals surface area contributed by atoms with Crippen molar-refractivity contribution in [2.24, 2.45) is 0 Å². The van der Waals surface area contributed by atoms with Crippen LogP contribution in [0.1, 0.15) is 49.1 Å². The van der Waals surface area contributed by atoms with E-state index in [1.165, 1.54) is 34.2 Å². The maximum absolute atomic E-state index is 13.6. The third kappa shape index (κ3) is 5.04. The molecule has 0 aliphatic heterocycles. The van der Waals surface area contributed by atoms with Gasteiger partial charge in [-0.25, -0.2) is 4.98 Å². The van der Waals surface area contributed by atoms with Gasteiger partial charge < -0.3 is 5.32 Å². The van der Waals surface area contributed by atoms with E-state index in [0.29, 0.717) is 11.7 Å². The second-order valence-electron chi connectivity index (χ2n) is 8.14. The van der Waals surface area contributed by atoms with Crippen LogP contribution in [0.2, 0.25) is 0 Å². The van der Waals surface area contributed by atoms with Crippen molar-refractivity contribution >= 4 is 39.2 Å². The quantitative estimate of drug-likeness (QED) is 0.399. The molecule has 3 aromatic rings. The van der Waals surface area contributed by atoms with Crippen LogP contribution in [0.5, 0.6) is 0 Å². The molecule has 1 N–H and O–H groups in total. The molecule has 5 nitrogen and oxygen atoms in total. The van der Waals surface area contributed by atoms with E-state index in [1.807, 2.05) is 32.0 Å². The number of amides is 1. The van der Waals surface area contributed by atoms with Crippen LogP contribution in [0.25, 0.3) is 10.2 Å². The predicted molar refractivity (Wildman–Crippen MR) is 129 cm³/mol. The summed E-state index contributed by atoms with van der Waals surface area (Å²) in [5, 5.41) is 4.45. The molecule has 2 heterocycles. The number of nitrogens with one attached hydrogen (secondary N) is 1. The van der Waals surface area contributed by atoms with Crippen LogP contribution in [-0.4, -0.2) is 27.3 Å². The highest BCUT2D eigenvalue weighted by atomic mass is 32.2. The van der Waals surface area contributed by atoms with Crippen LogP contribution < -0.4 is 10.9 Å². The van der Waals surface area contributed by atoms with E-state index < -0.39 is 0 Å². The number of thiophene rings is 1. The molecular formula is C24H29N3O2S2. The van der Waals surface area contributed by atoms with E-state index in [0.717, 1.165) is 42.3 Å². The Bertz CT molecular complexity index is 1120. The second-order valence-corrected chi connectivity index (χ2v) is 10.2. The highest BCUT2D eigenvalue weighted by Gasteiger charge is 2.22. The number of carbonyl (C=O) groups is 1. The maximum Gasteiger partial charge on any atom is 0.263 e. The molecule has 0 saturated heterocycles. The number of benzene rings is 1. The lowest BCUT2D eigenvalue weighted by molar-refractivity contribution is -0.119. The lowest BCUT2D eigenvalue weighted by Crippen LogP contribution is -2.33. The summed E-state index contributed by atoms with van der Waals surface area (Å²) in [6.07, 6.45) is 5.97. The Labute approximate surface area is 191 Å². The summed E-state index contributed by atoms with van der Waals surface area (Å²) < 4.78 is 1.79. The van der Waals surface area contributed by atoms with Crippen LogP contribution in [-0.2, 0) is 30.6 Å². The molecule has 0 spiro atoms. The number of fused-ring (bicyclic) bond motifs is 3. The molecular weight excluding hydrogens is 426 g/mol. The first-order chi connectivity index (χ1) is 15.1. The van der Waals surface area contributed by atoms with Crippen molar-refractivity contribution in [2.45, 2.75) is 70.1 Å². The molecule has 1 aromatic carbocycles. The zero-order valence-electron chi connectivity index (χ0n) is 18.1. The number of aryl methyl sites for hydroxylation is 3. The van der Waals surface area contributed by atoms with Crippen molar-refractivity contribution in [1.82, 2.24) is 14.9 Å². The Morgan fingerprint density at radius 2 is 2.03 bits per heavy atom. The lowest BCUT2D eigenvalue weighted by Gasteiger charge is -2.14. The minimum Gasteiger partial charge on any atom is -0.353 e. The van der Waals surface area contributed by atoms with Crippen molar-refractivity contribution in [3.8, 4) is 0 Å². The molecule has 1 unspecified atom stereocenters. The van der Waals surface area contributed by atoms with Gasteiger partial charge in [-0.3, -0.25) is 14.2 Å². The average molecular weight is 456 g/mol. The molecule has 1 atom stereocenters. The standard InChI is InChI=1S/C24H29N3O2S2/c1-3-16(2)25-20(28)15-30-24-26-22-21(18-11-7-8-12-19(18)31-22)23(29)27(24)14-13-17-9-5-4-6-10-17/h4-6,9-10,16H,3,7-8,11-15H2,1-2H3,(H,25,28). The van der Waals surface area contributed by atoms with Gasteiger partial charge in [0.1, 0.15) is 4.83 Å². The number of thioether (sulfide) groups is 1. The number of hydrogen-bond acceptors (Lipinski definition) is 5. The average Bonchev–Trinajstić information content (AvgIpc) is 3.16. The van der Waals surface area contributed by atoms with E-state index in [2.05, 4.69) is 17.4 Å². The maximum atomic E-state index is 13.6. The summed E-state index contributed by atoms with van der Waals surface area (Å²) in [5.41, 5.74) is 2.45. The molecule has 1 aliphatic rings. The molecule has 0 radical (unpaired) electrons. The lowest BCUT2D eigenvalue weighted by atomic mass is 9.97. The highest BCUT2D eigenvalue weighted by molar-refractivity contribution is 7.99. The predicted octanol–water partition coefficient (Wildman–Crippen LogP) is 4.59. The number of aromatic nitrogens is 2. The summed E-state index contributed by atoms with van der Waals surface area (Å²) in [6.45, 7) is 4.61. The Kier molecular flexibility index (Phi) is 7.13. The molecule has 0 bridgehead atoms. The van der Waals surface area contributed by atoms with Crippen molar-refractivity contribution in [3.63, 3.8) is 0 Å². The Balaban J connectivity index is 1.66. The molecule has 4 rings (SSSR count). The molecule has 7 heteroatoms. The van der Waals surface area contributed by atoms with Crippen LogP contribution >= 0.6 is 23.1 Å². The summed E-state index contributed by atoms with van der Waals surface area (Å²) in [7, 11) is 0. The van der Waals surface area contributed by atoms with E-state index in [9.17, 15) is 9.59 Å². The van der Waals surface area contributed by atoms with Gasteiger partial charge in [0, 0.05) is 17.5 Å². The number of carbonyl (C=O) groups excluding carboxylic acids is 1. The topological polar surface area (TPSA) is 64.0 Å². The smallest absolute Gasteiger partial charge is 0.263 e. The van der Waals surface area contributed by atoms with Gasteiger partial charge in [-0.05, 0) is 56.6 Å². The molecule has 164 valence electrons. The molecule has 0 fully saturated rings. The van der Waals surface area contributed by atoms with Gasteiger partial charge in [-0.1, -0.05) is 49.0 Å². The van der Waals surface area contributed by atoms with Gasteiger partial charge in [-0.2, -0.15) is 0 Å². The van der Waals surface area contributed by atoms with Crippen LogP contribution in [0, 0.1) is 0 Å². The molecule has 1 aliphatic carbocycles. The second kappa shape index (κ2) is 10.0. The van der Waals surface area contributed by atoms with Crippen molar-refractivity contribution < 1.29 is 4.79 Å². The van der Waals surface area contributed by atoms with Gasteiger partial charge in [0.15, 0.2) is 5.16 Å². The molecule has 31 heavy (non-hydrogen) atoms. The fraction of sp³-hybridized carbons (Fsp3) is 0.458. The first kappa shape index (κ1) is 22.1. The Morgan fingerprint density at radius 1 is 1.26 bits per heavy atom. The van der Waals surface area contributed by atoms with Crippen LogP contribution in [0.3, 0.4) is 0 Å². The SMILES string of the molecule is CCC(C)NC(=O)CSc1nc2sc3c(c2c(=O)n1CCc1ccccc1)CCCC3. The summed E-state index contributed by atoms with van der Waals surface area (Å²) in [5.74, 6) is 0.243. The first-order valence-electron chi connectivity index (χ1n) is 11.1. The third-order valence-electron chi connectivity index (χ3n) is 5.86.